The molecule has 0 saturated carbocycles. The maximum absolute atomic E-state index is 5.92. The van der Waals surface area contributed by atoms with Gasteiger partial charge < -0.3 is 16.0 Å². The molecule has 6 rings (SSSR count). The monoisotopic (exact) mass is 401 g/mol. The maximum atomic E-state index is 5.92. The number of nitrogen functional groups attached to an aromatic ring is 1. The third-order valence-electron chi connectivity index (χ3n) is 6.12. The standard InChI is InChI=1S/C21H23N9/c22-19-6-15(20-21(25-19)27-28-26-20)4-14-8-24-29(11-14)10-13-2-1-3-17(5-13)30-12-16-7-18(30)9-23-16/h1-3,5-6,8,11,16,18,23H,4,7,9-10,12H2,(H3,22,25,26,27,28)/t16-,18-/m0/s1. The lowest BCUT2D eigenvalue weighted by atomic mass is 10.1. The van der Waals surface area contributed by atoms with E-state index in [2.05, 4.69) is 66.2 Å². The van der Waals surface area contributed by atoms with Crippen molar-refractivity contribution in [3.8, 4) is 0 Å². The molecule has 2 fully saturated rings. The van der Waals surface area contributed by atoms with Crippen LogP contribution in [0.15, 0.2) is 42.7 Å². The number of fused-ring (bicyclic) bond motifs is 3. The van der Waals surface area contributed by atoms with Crippen LogP contribution in [0.2, 0.25) is 0 Å². The van der Waals surface area contributed by atoms with E-state index >= 15 is 0 Å². The molecule has 0 spiro atoms. The van der Waals surface area contributed by atoms with E-state index < -0.39 is 0 Å². The number of aromatic nitrogens is 6. The molecule has 9 heteroatoms. The summed E-state index contributed by atoms with van der Waals surface area (Å²) < 4.78 is 1.98. The van der Waals surface area contributed by atoms with Crippen LogP contribution in [-0.2, 0) is 13.0 Å². The Hall–Kier alpha value is -3.46. The Bertz CT molecular complexity index is 1210. The number of aromatic amines is 1. The molecule has 30 heavy (non-hydrogen) atoms. The number of anilines is 2. The molecule has 5 heterocycles. The predicted octanol–water partition coefficient (Wildman–Crippen LogP) is 1.32. The van der Waals surface area contributed by atoms with Crippen LogP contribution in [0, 0.1) is 0 Å². The number of benzene rings is 1. The van der Waals surface area contributed by atoms with Gasteiger partial charge in [0.05, 0.1) is 12.7 Å². The molecular weight excluding hydrogens is 378 g/mol. The molecule has 152 valence electrons. The fraction of sp³-hybridized carbons (Fsp3) is 0.333. The Kier molecular flexibility index (Phi) is 3.95. The van der Waals surface area contributed by atoms with Crippen LogP contribution in [0.4, 0.5) is 11.5 Å². The molecule has 4 aromatic rings. The first-order valence-electron chi connectivity index (χ1n) is 10.3. The zero-order valence-electron chi connectivity index (χ0n) is 16.5. The number of hydrogen-bond donors (Lipinski definition) is 3. The second-order valence-electron chi connectivity index (χ2n) is 8.26. The first-order chi connectivity index (χ1) is 14.7. The highest BCUT2D eigenvalue weighted by molar-refractivity contribution is 5.76. The highest BCUT2D eigenvalue weighted by atomic mass is 15.3. The van der Waals surface area contributed by atoms with Gasteiger partial charge in [0.15, 0.2) is 5.65 Å². The van der Waals surface area contributed by atoms with E-state index in [4.69, 9.17) is 5.73 Å². The first kappa shape index (κ1) is 17.4. The molecule has 2 saturated heterocycles. The topological polar surface area (TPSA) is 114 Å². The van der Waals surface area contributed by atoms with E-state index in [-0.39, 0.29) is 0 Å². The molecule has 9 nitrogen and oxygen atoms in total. The van der Waals surface area contributed by atoms with Crippen molar-refractivity contribution >= 4 is 22.7 Å². The van der Waals surface area contributed by atoms with Crippen LogP contribution in [0.1, 0.15) is 23.1 Å². The fourth-order valence-electron chi connectivity index (χ4n) is 4.76. The average molecular weight is 401 g/mol. The van der Waals surface area contributed by atoms with Crippen molar-refractivity contribution < 1.29 is 0 Å². The van der Waals surface area contributed by atoms with Gasteiger partial charge in [-0.15, -0.1) is 5.10 Å². The molecule has 2 aliphatic heterocycles. The van der Waals surface area contributed by atoms with Gasteiger partial charge >= 0.3 is 0 Å². The van der Waals surface area contributed by atoms with E-state index in [1.54, 1.807) is 0 Å². The van der Waals surface area contributed by atoms with Gasteiger partial charge in [-0.1, -0.05) is 17.3 Å². The third kappa shape index (κ3) is 3.07. The summed E-state index contributed by atoms with van der Waals surface area (Å²) >= 11 is 0. The summed E-state index contributed by atoms with van der Waals surface area (Å²) in [5.74, 6) is 0.457. The zero-order chi connectivity index (χ0) is 20.1. The number of nitrogens with two attached hydrogens (primary N) is 1. The minimum Gasteiger partial charge on any atom is -0.384 e. The van der Waals surface area contributed by atoms with Crippen molar-refractivity contribution in [3.05, 3.63) is 59.4 Å². The maximum Gasteiger partial charge on any atom is 0.178 e. The number of hydrogen-bond acceptors (Lipinski definition) is 7. The lowest BCUT2D eigenvalue weighted by Crippen LogP contribution is -2.43. The summed E-state index contributed by atoms with van der Waals surface area (Å²) in [7, 11) is 0. The Balaban J connectivity index is 1.20. The zero-order valence-corrected chi connectivity index (χ0v) is 16.5. The molecule has 0 unspecified atom stereocenters. The molecule has 2 bridgehead atoms. The number of nitrogens with one attached hydrogen (secondary N) is 2. The summed E-state index contributed by atoms with van der Waals surface area (Å²) in [6.07, 6.45) is 5.92. The van der Waals surface area contributed by atoms with E-state index in [1.807, 2.05) is 16.9 Å². The van der Waals surface area contributed by atoms with Crippen molar-refractivity contribution in [3.63, 3.8) is 0 Å². The number of H-pyrrole nitrogens is 1. The molecule has 2 aliphatic rings. The lowest BCUT2D eigenvalue weighted by Gasteiger charge is -2.29. The van der Waals surface area contributed by atoms with Crippen molar-refractivity contribution in [1.82, 2.24) is 35.5 Å². The quantitative estimate of drug-likeness (QED) is 0.462. The normalized spacial score (nSPS) is 20.5. The summed E-state index contributed by atoms with van der Waals surface area (Å²) in [5.41, 5.74) is 11.9. The molecule has 0 aliphatic carbocycles. The van der Waals surface area contributed by atoms with Gasteiger partial charge in [0, 0.05) is 43.5 Å². The minimum atomic E-state index is 0.457. The second-order valence-corrected chi connectivity index (χ2v) is 8.26. The largest absolute Gasteiger partial charge is 0.384 e. The highest BCUT2D eigenvalue weighted by Crippen LogP contribution is 2.30. The van der Waals surface area contributed by atoms with Crippen LogP contribution in [-0.4, -0.2) is 55.3 Å². The third-order valence-corrected chi connectivity index (χ3v) is 6.12. The van der Waals surface area contributed by atoms with Crippen molar-refractivity contribution in [2.45, 2.75) is 31.5 Å². The number of piperazine rings is 1. The summed E-state index contributed by atoms with van der Waals surface area (Å²) in [5, 5.41) is 18.9. The molecule has 0 radical (unpaired) electrons. The number of pyridine rings is 1. The average Bonchev–Trinajstić information content (AvgIpc) is 3.53. The van der Waals surface area contributed by atoms with Crippen LogP contribution in [0.25, 0.3) is 11.2 Å². The summed E-state index contributed by atoms with van der Waals surface area (Å²) in [6, 6.07) is 12.0. The smallest absolute Gasteiger partial charge is 0.178 e. The van der Waals surface area contributed by atoms with Crippen LogP contribution < -0.4 is 16.0 Å². The van der Waals surface area contributed by atoms with Crippen molar-refractivity contribution in [2.75, 3.05) is 23.7 Å². The van der Waals surface area contributed by atoms with Gasteiger partial charge in [-0.3, -0.25) is 4.68 Å². The highest BCUT2D eigenvalue weighted by Gasteiger charge is 2.37. The Morgan fingerprint density at radius 1 is 1.20 bits per heavy atom. The van der Waals surface area contributed by atoms with Crippen LogP contribution in [0.3, 0.4) is 0 Å². The van der Waals surface area contributed by atoms with E-state index in [9.17, 15) is 0 Å². The second kappa shape index (κ2) is 6.81. The van der Waals surface area contributed by atoms with Crippen LogP contribution >= 0.6 is 0 Å². The SMILES string of the molecule is Nc1cc(Cc2cnn(Cc3cccc(N4C[C@@H]5C[C@H]4CN5)c3)c2)c2nn[nH]c2n1. The predicted molar refractivity (Wildman–Crippen MR) is 114 cm³/mol. The molecule has 0 amide bonds. The van der Waals surface area contributed by atoms with Gasteiger partial charge in [0.2, 0.25) is 0 Å². The van der Waals surface area contributed by atoms with Gasteiger partial charge in [-0.25, -0.2) is 10.1 Å². The van der Waals surface area contributed by atoms with Gasteiger partial charge in [0.1, 0.15) is 11.3 Å². The van der Waals surface area contributed by atoms with E-state index in [1.165, 1.54) is 17.7 Å². The van der Waals surface area contributed by atoms with Crippen LogP contribution in [0.5, 0.6) is 0 Å². The molecule has 2 atom stereocenters. The summed E-state index contributed by atoms with van der Waals surface area (Å²) in [4.78, 5) is 6.76. The van der Waals surface area contributed by atoms with Crippen molar-refractivity contribution in [1.29, 1.82) is 0 Å². The Morgan fingerprint density at radius 3 is 3.03 bits per heavy atom. The van der Waals surface area contributed by atoms with Crippen molar-refractivity contribution in [2.24, 2.45) is 0 Å². The number of rotatable bonds is 5. The van der Waals surface area contributed by atoms with Gasteiger partial charge in [-0.2, -0.15) is 5.10 Å². The molecule has 3 aromatic heterocycles. The Labute approximate surface area is 173 Å². The fourth-order valence-corrected chi connectivity index (χ4v) is 4.76. The van der Waals surface area contributed by atoms with E-state index in [0.29, 0.717) is 30.0 Å². The molecule has 4 N–H and O–H groups in total. The number of nitrogens with zero attached hydrogens (tertiary/aromatic N) is 6. The first-order valence-corrected chi connectivity index (χ1v) is 10.3. The minimum absolute atomic E-state index is 0.457. The Morgan fingerprint density at radius 2 is 2.17 bits per heavy atom. The molecular formula is C21H23N9. The van der Waals surface area contributed by atoms with Gasteiger partial charge in [-0.05, 0) is 41.3 Å². The lowest BCUT2D eigenvalue weighted by molar-refractivity contribution is 0.580. The summed E-state index contributed by atoms with van der Waals surface area (Å²) in [6.45, 7) is 2.94. The van der Waals surface area contributed by atoms with E-state index in [0.717, 1.165) is 36.3 Å². The van der Waals surface area contributed by atoms with Gasteiger partial charge in [0.25, 0.3) is 0 Å². The molecule has 1 aromatic carbocycles.